The molecule has 1 unspecified atom stereocenters. The number of anilines is 2. The van der Waals surface area contributed by atoms with Crippen molar-refractivity contribution in [2.45, 2.75) is 6.10 Å². The highest BCUT2D eigenvalue weighted by Gasteiger charge is 2.10. The van der Waals surface area contributed by atoms with Crippen molar-refractivity contribution in [1.29, 1.82) is 0 Å². The van der Waals surface area contributed by atoms with Crippen molar-refractivity contribution < 1.29 is 14.8 Å². The number of nitrogens with two attached hydrogens (primary N) is 1. The molecule has 2 aromatic rings. The number of nitrogen functional groups attached to an aromatic ring is 1. The van der Waals surface area contributed by atoms with Gasteiger partial charge in [-0.3, -0.25) is 0 Å². The highest BCUT2D eigenvalue weighted by atomic mass is 16.6. The topological polar surface area (TPSA) is 117 Å². The number of nitrogens with one attached hydrogen (secondary N) is 1. The standard InChI is InChI=1S/C9H12N4O3/c10-6-1-2-7(11-3-5(15)4-14)9-8(6)12-16-13-9/h1-2,5,11,14-15H,3-4,10H2. The molecule has 1 aromatic carbocycles. The van der Waals surface area contributed by atoms with Crippen LogP contribution in [0.25, 0.3) is 11.0 Å². The summed E-state index contributed by atoms with van der Waals surface area (Å²) in [4.78, 5) is 0. The van der Waals surface area contributed by atoms with Gasteiger partial charge in [-0.25, -0.2) is 4.63 Å². The first-order valence-corrected chi connectivity index (χ1v) is 4.76. The summed E-state index contributed by atoms with van der Waals surface area (Å²) in [6, 6.07) is 3.38. The van der Waals surface area contributed by atoms with Crippen LogP contribution in [-0.4, -0.2) is 39.8 Å². The zero-order valence-electron chi connectivity index (χ0n) is 8.42. The molecule has 0 aliphatic rings. The van der Waals surface area contributed by atoms with Gasteiger partial charge >= 0.3 is 0 Å². The molecule has 0 aliphatic carbocycles. The quantitative estimate of drug-likeness (QED) is 0.520. The van der Waals surface area contributed by atoms with Crippen LogP contribution in [-0.2, 0) is 0 Å². The molecule has 0 amide bonds. The highest BCUT2D eigenvalue weighted by molar-refractivity contribution is 5.94. The second kappa shape index (κ2) is 4.33. The van der Waals surface area contributed by atoms with Crippen molar-refractivity contribution in [1.82, 2.24) is 10.3 Å². The first-order chi connectivity index (χ1) is 7.72. The summed E-state index contributed by atoms with van der Waals surface area (Å²) in [5.41, 5.74) is 7.78. The number of fused-ring (bicyclic) bond motifs is 1. The van der Waals surface area contributed by atoms with Crippen LogP contribution in [0.15, 0.2) is 16.8 Å². The number of aromatic nitrogens is 2. The zero-order chi connectivity index (χ0) is 11.5. The van der Waals surface area contributed by atoms with E-state index in [-0.39, 0.29) is 13.2 Å². The van der Waals surface area contributed by atoms with E-state index in [0.717, 1.165) is 0 Å². The van der Waals surface area contributed by atoms with Crippen LogP contribution in [0.2, 0.25) is 0 Å². The van der Waals surface area contributed by atoms with Crippen molar-refractivity contribution in [3.63, 3.8) is 0 Å². The fraction of sp³-hybridized carbons (Fsp3) is 0.333. The van der Waals surface area contributed by atoms with Crippen molar-refractivity contribution in [3.05, 3.63) is 12.1 Å². The maximum Gasteiger partial charge on any atom is 0.160 e. The lowest BCUT2D eigenvalue weighted by Gasteiger charge is -2.10. The smallest absolute Gasteiger partial charge is 0.160 e. The van der Waals surface area contributed by atoms with E-state index in [2.05, 4.69) is 20.3 Å². The Morgan fingerprint density at radius 3 is 2.88 bits per heavy atom. The minimum atomic E-state index is -0.826. The molecule has 0 radical (unpaired) electrons. The molecule has 1 heterocycles. The largest absolute Gasteiger partial charge is 0.397 e. The molecule has 2 rings (SSSR count). The Bertz CT molecular complexity index is 485. The van der Waals surface area contributed by atoms with Gasteiger partial charge in [0.25, 0.3) is 0 Å². The lowest BCUT2D eigenvalue weighted by molar-refractivity contribution is 0.105. The fourth-order valence-corrected chi connectivity index (χ4v) is 1.32. The van der Waals surface area contributed by atoms with Crippen molar-refractivity contribution in [2.24, 2.45) is 0 Å². The highest BCUT2D eigenvalue weighted by Crippen LogP contribution is 2.24. The second-order valence-electron chi connectivity index (χ2n) is 3.38. The van der Waals surface area contributed by atoms with Gasteiger partial charge in [0.15, 0.2) is 11.0 Å². The van der Waals surface area contributed by atoms with Gasteiger partial charge in [0.2, 0.25) is 0 Å². The summed E-state index contributed by atoms with van der Waals surface area (Å²) in [6.07, 6.45) is -0.826. The van der Waals surface area contributed by atoms with Gasteiger partial charge in [0, 0.05) is 6.54 Å². The van der Waals surface area contributed by atoms with Gasteiger partial charge in [-0.15, -0.1) is 0 Å². The van der Waals surface area contributed by atoms with Gasteiger partial charge in [-0.1, -0.05) is 0 Å². The van der Waals surface area contributed by atoms with Crippen LogP contribution in [0.4, 0.5) is 11.4 Å². The first kappa shape index (κ1) is 10.7. The van der Waals surface area contributed by atoms with Crippen LogP contribution in [0.1, 0.15) is 0 Å². The number of aliphatic hydroxyl groups is 2. The Hall–Kier alpha value is -1.86. The van der Waals surface area contributed by atoms with Gasteiger partial charge in [0.05, 0.1) is 24.1 Å². The lowest BCUT2D eigenvalue weighted by Crippen LogP contribution is -2.23. The monoisotopic (exact) mass is 224 g/mol. The molecule has 0 aliphatic heterocycles. The number of nitrogens with zero attached hydrogens (tertiary/aromatic N) is 2. The number of aliphatic hydroxyl groups excluding tert-OH is 2. The van der Waals surface area contributed by atoms with E-state index in [4.69, 9.17) is 10.8 Å². The fourth-order valence-electron chi connectivity index (χ4n) is 1.32. The van der Waals surface area contributed by atoms with Crippen LogP contribution < -0.4 is 11.1 Å². The predicted octanol–water partition coefficient (Wildman–Crippen LogP) is -0.430. The molecular weight excluding hydrogens is 212 g/mol. The number of benzene rings is 1. The summed E-state index contributed by atoms with van der Waals surface area (Å²) in [5, 5.41) is 28.2. The average Bonchev–Trinajstić information content (AvgIpc) is 2.77. The van der Waals surface area contributed by atoms with E-state index in [1.165, 1.54) is 0 Å². The third-order valence-electron chi connectivity index (χ3n) is 2.19. The van der Waals surface area contributed by atoms with Gasteiger partial charge in [-0.05, 0) is 22.4 Å². The van der Waals surface area contributed by atoms with Gasteiger partial charge in [-0.2, -0.15) is 0 Å². The predicted molar refractivity (Wildman–Crippen MR) is 57.8 cm³/mol. The second-order valence-corrected chi connectivity index (χ2v) is 3.38. The summed E-state index contributed by atoms with van der Waals surface area (Å²) < 4.78 is 4.59. The molecular formula is C9H12N4O3. The van der Waals surface area contributed by atoms with E-state index in [0.29, 0.717) is 22.4 Å². The minimum absolute atomic E-state index is 0.211. The van der Waals surface area contributed by atoms with Crippen LogP contribution in [0.3, 0.4) is 0 Å². The third-order valence-corrected chi connectivity index (χ3v) is 2.19. The Kier molecular flexibility index (Phi) is 2.88. The molecule has 0 fully saturated rings. The lowest BCUT2D eigenvalue weighted by atomic mass is 10.2. The molecule has 7 heteroatoms. The van der Waals surface area contributed by atoms with Crippen molar-refractivity contribution >= 4 is 22.4 Å². The van der Waals surface area contributed by atoms with E-state index in [9.17, 15) is 5.11 Å². The molecule has 0 bridgehead atoms. The van der Waals surface area contributed by atoms with Crippen LogP contribution in [0.5, 0.6) is 0 Å². The number of hydrogen-bond acceptors (Lipinski definition) is 7. The summed E-state index contributed by atoms with van der Waals surface area (Å²) in [5.74, 6) is 0. The van der Waals surface area contributed by atoms with E-state index in [1.54, 1.807) is 12.1 Å². The molecule has 16 heavy (non-hydrogen) atoms. The maximum absolute atomic E-state index is 9.20. The number of hydrogen-bond donors (Lipinski definition) is 4. The van der Waals surface area contributed by atoms with E-state index >= 15 is 0 Å². The average molecular weight is 224 g/mol. The van der Waals surface area contributed by atoms with Gasteiger partial charge < -0.3 is 21.3 Å². The van der Waals surface area contributed by atoms with Crippen molar-refractivity contribution in [3.8, 4) is 0 Å². The number of rotatable bonds is 4. The van der Waals surface area contributed by atoms with Crippen LogP contribution in [0, 0.1) is 0 Å². The Labute approximate surface area is 90.8 Å². The Balaban J connectivity index is 2.24. The molecule has 7 nitrogen and oxygen atoms in total. The first-order valence-electron chi connectivity index (χ1n) is 4.76. The molecule has 1 aromatic heterocycles. The van der Waals surface area contributed by atoms with Crippen molar-refractivity contribution in [2.75, 3.05) is 24.2 Å². The van der Waals surface area contributed by atoms with E-state index < -0.39 is 6.10 Å². The normalized spacial score (nSPS) is 12.9. The molecule has 0 spiro atoms. The Morgan fingerprint density at radius 2 is 2.12 bits per heavy atom. The van der Waals surface area contributed by atoms with Crippen LogP contribution >= 0.6 is 0 Å². The zero-order valence-corrected chi connectivity index (χ0v) is 8.42. The summed E-state index contributed by atoms with van der Waals surface area (Å²) in [7, 11) is 0. The summed E-state index contributed by atoms with van der Waals surface area (Å²) in [6.45, 7) is -0.0927. The molecule has 0 saturated heterocycles. The third kappa shape index (κ3) is 1.90. The molecule has 1 atom stereocenters. The summed E-state index contributed by atoms with van der Waals surface area (Å²) >= 11 is 0. The molecule has 5 N–H and O–H groups in total. The van der Waals surface area contributed by atoms with E-state index in [1.807, 2.05) is 0 Å². The maximum atomic E-state index is 9.20. The SMILES string of the molecule is Nc1ccc(NCC(O)CO)c2nonc12. The Morgan fingerprint density at radius 1 is 1.38 bits per heavy atom. The minimum Gasteiger partial charge on any atom is -0.397 e. The molecule has 0 saturated carbocycles. The van der Waals surface area contributed by atoms with Gasteiger partial charge in [0.1, 0.15) is 0 Å². The molecule has 86 valence electrons.